The highest BCUT2D eigenvalue weighted by Crippen LogP contribution is 2.07. The minimum atomic E-state index is -0.495. The number of carbonyl (C=O) groups excluding carboxylic acids is 2. The molecule has 0 aliphatic rings. The van der Waals surface area contributed by atoms with Gasteiger partial charge in [0.05, 0.1) is 12.2 Å². The molecule has 0 heterocycles. The Morgan fingerprint density at radius 2 is 1.81 bits per heavy atom. The van der Waals surface area contributed by atoms with Gasteiger partial charge in [-0.1, -0.05) is 32.3 Å². The second-order valence-corrected chi connectivity index (χ2v) is 3.74. The number of allylic oxidation sites excluding steroid dienone is 1. The minimum Gasteiger partial charge on any atom is -0.462 e. The highest BCUT2D eigenvalue weighted by molar-refractivity contribution is 6.16. The predicted molar refractivity (Wildman–Crippen MR) is 64.2 cm³/mol. The maximum absolute atomic E-state index is 11.4. The molecule has 0 bridgehead atoms. The van der Waals surface area contributed by atoms with Gasteiger partial charge in [0.15, 0.2) is 5.78 Å². The summed E-state index contributed by atoms with van der Waals surface area (Å²) in [6.07, 6.45) is 7.01. The smallest absolute Gasteiger partial charge is 0.341 e. The van der Waals surface area contributed by atoms with E-state index in [1.807, 2.05) is 0 Å². The normalized spacial score (nSPS) is 11.3. The summed E-state index contributed by atoms with van der Waals surface area (Å²) in [6.45, 7) is 5.58. The van der Waals surface area contributed by atoms with E-state index < -0.39 is 5.97 Å². The Morgan fingerprint density at radius 3 is 2.31 bits per heavy atom. The average Bonchev–Trinajstić information content (AvgIpc) is 2.23. The van der Waals surface area contributed by atoms with Gasteiger partial charge in [0.2, 0.25) is 0 Å². The molecule has 0 rings (SSSR count). The van der Waals surface area contributed by atoms with Crippen LogP contribution in [-0.4, -0.2) is 18.4 Å². The first-order valence-corrected chi connectivity index (χ1v) is 6.01. The summed E-state index contributed by atoms with van der Waals surface area (Å²) < 4.78 is 4.82. The molecule has 92 valence electrons. The summed E-state index contributed by atoms with van der Waals surface area (Å²) in [4.78, 5) is 22.6. The van der Waals surface area contributed by atoms with Crippen LogP contribution >= 0.6 is 0 Å². The summed E-state index contributed by atoms with van der Waals surface area (Å²) in [5.41, 5.74) is 0.193. The predicted octanol–water partition coefficient (Wildman–Crippen LogP) is 3.04. The van der Waals surface area contributed by atoms with Gasteiger partial charge in [0.25, 0.3) is 0 Å². The van der Waals surface area contributed by atoms with Crippen LogP contribution in [0.15, 0.2) is 11.6 Å². The SMILES string of the molecule is CCCCCC/C=C(\C(C)=O)C(=O)OCC. The molecule has 0 amide bonds. The van der Waals surface area contributed by atoms with Crippen molar-refractivity contribution in [1.82, 2.24) is 0 Å². The zero-order valence-corrected chi connectivity index (χ0v) is 10.5. The van der Waals surface area contributed by atoms with Gasteiger partial charge < -0.3 is 4.74 Å². The van der Waals surface area contributed by atoms with E-state index in [1.54, 1.807) is 13.0 Å². The number of Topliss-reactive ketones (excluding diaryl/α,β-unsaturated/α-hetero) is 1. The summed E-state index contributed by atoms with van der Waals surface area (Å²) in [7, 11) is 0. The number of rotatable bonds is 8. The Hall–Kier alpha value is -1.12. The molecule has 3 nitrogen and oxygen atoms in total. The fourth-order valence-corrected chi connectivity index (χ4v) is 1.40. The van der Waals surface area contributed by atoms with Crippen LogP contribution in [0.2, 0.25) is 0 Å². The van der Waals surface area contributed by atoms with E-state index in [-0.39, 0.29) is 11.4 Å². The first-order valence-electron chi connectivity index (χ1n) is 6.01. The second-order valence-electron chi connectivity index (χ2n) is 3.74. The van der Waals surface area contributed by atoms with Gasteiger partial charge in [-0.2, -0.15) is 0 Å². The molecule has 0 spiro atoms. The van der Waals surface area contributed by atoms with Gasteiger partial charge in [-0.05, 0) is 26.7 Å². The van der Waals surface area contributed by atoms with E-state index in [0.717, 1.165) is 19.3 Å². The lowest BCUT2D eigenvalue weighted by atomic mass is 10.1. The van der Waals surface area contributed by atoms with Crippen LogP contribution < -0.4 is 0 Å². The lowest BCUT2D eigenvalue weighted by molar-refractivity contribution is -0.139. The Labute approximate surface area is 97.9 Å². The van der Waals surface area contributed by atoms with Gasteiger partial charge in [0.1, 0.15) is 0 Å². The van der Waals surface area contributed by atoms with Crippen LogP contribution in [0.4, 0.5) is 0 Å². The molecule has 0 aliphatic carbocycles. The Bertz CT molecular complexity index is 254. The van der Waals surface area contributed by atoms with E-state index >= 15 is 0 Å². The lowest BCUT2D eigenvalue weighted by Gasteiger charge is -2.03. The van der Waals surface area contributed by atoms with E-state index in [0.29, 0.717) is 6.61 Å². The third-order valence-corrected chi connectivity index (χ3v) is 2.28. The fourth-order valence-electron chi connectivity index (χ4n) is 1.40. The molecule has 0 aromatic carbocycles. The van der Waals surface area contributed by atoms with E-state index in [2.05, 4.69) is 6.92 Å². The van der Waals surface area contributed by atoms with Crippen molar-refractivity contribution in [1.29, 1.82) is 0 Å². The first kappa shape index (κ1) is 14.9. The molecule has 3 heteroatoms. The van der Waals surface area contributed by atoms with E-state index in [1.165, 1.54) is 19.8 Å². The third kappa shape index (κ3) is 6.38. The molecule has 0 radical (unpaired) electrons. The van der Waals surface area contributed by atoms with Crippen molar-refractivity contribution >= 4 is 11.8 Å². The molecule has 0 aromatic heterocycles. The topological polar surface area (TPSA) is 43.4 Å². The van der Waals surface area contributed by atoms with E-state index in [4.69, 9.17) is 4.74 Å². The average molecular weight is 226 g/mol. The zero-order chi connectivity index (χ0) is 12.4. The Balaban J connectivity index is 4.15. The molecule has 0 atom stereocenters. The van der Waals surface area contributed by atoms with Crippen LogP contribution in [0.25, 0.3) is 0 Å². The van der Waals surface area contributed by atoms with E-state index in [9.17, 15) is 9.59 Å². The number of carbonyl (C=O) groups is 2. The van der Waals surface area contributed by atoms with Crippen molar-refractivity contribution in [3.8, 4) is 0 Å². The van der Waals surface area contributed by atoms with Gasteiger partial charge in [-0.3, -0.25) is 4.79 Å². The monoisotopic (exact) mass is 226 g/mol. The standard InChI is InChI=1S/C13H22O3/c1-4-6-7-8-9-10-12(11(3)14)13(15)16-5-2/h10H,4-9H2,1-3H3/b12-10+. The van der Waals surface area contributed by atoms with Crippen molar-refractivity contribution in [3.63, 3.8) is 0 Å². The zero-order valence-electron chi connectivity index (χ0n) is 10.5. The number of hydrogen-bond donors (Lipinski definition) is 0. The minimum absolute atomic E-state index is 0.193. The van der Waals surface area contributed by atoms with Crippen LogP contribution in [0.1, 0.15) is 52.9 Å². The van der Waals surface area contributed by atoms with Crippen LogP contribution in [0.5, 0.6) is 0 Å². The van der Waals surface area contributed by atoms with Gasteiger partial charge >= 0.3 is 5.97 Å². The fraction of sp³-hybridized carbons (Fsp3) is 0.692. The number of ether oxygens (including phenoxy) is 1. The maximum atomic E-state index is 11.4. The number of esters is 1. The molecule has 0 aromatic rings. The molecule has 0 unspecified atom stereocenters. The number of ketones is 1. The Kier molecular flexibility index (Phi) is 8.49. The molecule has 0 fully saturated rings. The van der Waals surface area contributed by atoms with Crippen molar-refractivity contribution < 1.29 is 14.3 Å². The summed E-state index contributed by atoms with van der Waals surface area (Å²) >= 11 is 0. The van der Waals surface area contributed by atoms with Crippen LogP contribution in [-0.2, 0) is 14.3 Å². The van der Waals surface area contributed by atoms with Gasteiger partial charge in [0, 0.05) is 0 Å². The van der Waals surface area contributed by atoms with Crippen molar-refractivity contribution in [3.05, 3.63) is 11.6 Å². The van der Waals surface area contributed by atoms with Gasteiger partial charge in [-0.25, -0.2) is 4.79 Å². The summed E-state index contributed by atoms with van der Waals surface area (Å²) in [5.74, 6) is -0.709. The maximum Gasteiger partial charge on any atom is 0.341 e. The third-order valence-electron chi connectivity index (χ3n) is 2.28. The molecule has 0 N–H and O–H groups in total. The molecule has 0 saturated heterocycles. The number of hydrogen-bond acceptors (Lipinski definition) is 3. The first-order chi connectivity index (χ1) is 7.63. The van der Waals surface area contributed by atoms with Crippen molar-refractivity contribution in [2.24, 2.45) is 0 Å². The lowest BCUT2D eigenvalue weighted by Crippen LogP contribution is -2.13. The summed E-state index contributed by atoms with van der Waals surface area (Å²) in [6, 6.07) is 0. The van der Waals surface area contributed by atoms with Crippen LogP contribution in [0, 0.1) is 0 Å². The van der Waals surface area contributed by atoms with Crippen molar-refractivity contribution in [2.45, 2.75) is 52.9 Å². The molecule has 16 heavy (non-hydrogen) atoms. The Morgan fingerprint density at radius 1 is 1.12 bits per heavy atom. The molecule has 0 saturated carbocycles. The molecule has 0 aliphatic heterocycles. The highest BCUT2D eigenvalue weighted by Gasteiger charge is 2.14. The largest absolute Gasteiger partial charge is 0.462 e. The molecular weight excluding hydrogens is 204 g/mol. The number of unbranched alkanes of at least 4 members (excludes halogenated alkanes) is 4. The second kappa shape index (κ2) is 9.13. The quantitative estimate of drug-likeness (QED) is 0.210. The van der Waals surface area contributed by atoms with Gasteiger partial charge in [-0.15, -0.1) is 0 Å². The molecular formula is C13H22O3. The van der Waals surface area contributed by atoms with Crippen molar-refractivity contribution in [2.75, 3.05) is 6.61 Å². The van der Waals surface area contributed by atoms with Crippen LogP contribution in [0.3, 0.4) is 0 Å². The highest BCUT2D eigenvalue weighted by atomic mass is 16.5. The summed E-state index contributed by atoms with van der Waals surface area (Å²) in [5, 5.41) is 0.